The summed E-state index contributed by atoms with van der Waals surface area (Å²) in [6.07, 6.45) is 0.0607. The molecule has 2 N–H and O–H groups in total. The van der Waals surface area contributed by atoms with E-state index in [9.17, 15) is 9.59 Å². The second-order valence-corrected chi connectivity index (χ2v) is 7.25. The number of carbonyl (C=O) groups excluding carboxylic acids is 1. The fraction of sp³-hybridized carbons (Fsp3) is 0.158. The van der Waals surface area contributed by atoms with E-state index in [4.69, 9.17) is 0 Å². The Bertz CT molecular complexity index is 1210. The Labute approximate surface area is 152 Å². The smallest absolute Gasteiger partial charge is 0.272 e. The summed E-state index contributed by atoms with van der Waals surface area (Å²) in [5.74, 6) is -0.219. The highest BCUT2D eigenvalue weighted by atomic mass is 32.1. The number of thiazole rings is 1. The lowest BCUT2D eigenvalue weighted by molar-refractivity contribution is -0.115. The van der Waals surface area contributed by atoms with Crippen LogP contribution in [0.4, 0.5) is 5.13 Å². The van der Waals surface area contributed by atoms with Crippen LogP contribution < -0.4 is 10.9 Å². The standard InChI is InChI=1S/C19H16N4O2S/c1-10-7-11(2)17-15(8-10)26-19(21-17)20-16(24)9-14-12-5-3-4-6-13(12)18(25)23-22-14/h3-8H,9H2,1-2H3,(H,23,25)(H,20,21,24). The Kier molecular flexibility index (Phi) is 4.00. The van der Waals surface area contributed by atoms with Crippen molar-refractivity contribution in [1.29, 1.82) is 0 Å². The van der Waals surface area contributed by atoms with E-state index >= 15 is 0 Å². The van der Waals surface area contributed by atoms with Crippen LogP contribution in [0, 0.1) is 13.8 Å². The minimum absolute atomic E-state index is 0.0607. The summed E-state index contributed by atoms with van der Waals surface area (Å²) in [6, 6.07) is 11.3. The van der Waals surface area contributed by atoms with E-state index in [0.29, 0.717) is 21.6 Å². The van der Waals surface area contributed by atoms with Crippen LogP contribution in [0.15, 0.2) is 41.2 Å². The molecular weight excluding hydrogens is 348 g/mol. The van der Waals surface area contributed by atoms with E-state index in [0.717, 1.165) is 15.8 Å². The zero-order valence-electron chi connectivity index (χ0n) is 14.3. The maximum absolute atomic E-state index is 12.5. The number of H-pyrrole nitrogens is 1. The third kappa shape index (κ3) is 2.97. The predicted molar refractivity (Wildman–Crippen MR) is 104 cm³/mol. The van der Waals surface area contributed by atoms with Crippen molar-refractivity contribution in [3.8, 4) is 0 Å². The Morgan fingerprint density at radius 3 is 2.77 bits per heavy atom. The first-order chi connectivity index (χ1) is 12.5. The molecule has 1 amide bonds. The number of hydrogen-bond donors (Lipinski definition) is 2. The molecule has 4 rings (SSSR count). The average Bonchev–Trinajstić information content (AvgIpc) is 3.00. The van der Waals surface area contributed by atoms with E-state index in [1.165, 1.54) is 16.9 Å². The fourth-order valence-corrected chi connectivity index (χ4v) is 4.10. The Morgan fingerprint density at radius 1 is 1.19 bits per heavy atom. The molecule has 2 aromatic heterocycles. The number of anilines is 1. The molecule has 0 fully saturated rings. The summed E-state index contributed by atoms with van der Waals surface area (Å²) in [4.78, 5) is 28.8. The van der Waals surface area contributed by atoms with Crippen molar-refractivity contribution in [2.24, 2.45) is 0 Å². The third-order valence-electron chi connectivity index (χ3n) is 4.18. The highest BCUT2D eigenvalue weighted by Crippen LogP contribution is 2.29. The van der Waals surface area contributed by atoms with Crippen molar-refractivity contribution in [1.82, 2.24) is 15.2 Å². The van der Waals surface area contributed by atoms with Crippen LogP contribution in [0.5, 0.6) is 0 Å². The average molecular weight is 364 g/mol. The molecule has 130 valence electrons. The predicted octanol–water partition coefficient (Wildman–Crippen LogP) is 3.33. The number of rotatable bonds is 3. The Hall–Kier alpha value is -3.06. The molecule has 0 aliphatic carbocycles. The molecule has 0 aliphatic rings. The van der Waals surface area contributed by atoms with Gasteiger partial charge in [-0.05, 0) is 37.1 Å². The first-order valence-corrected chi connectivity index (χ1v) is 8.97. The number of nitrogens with one attached hydrogen (secondary N) is 2. The van der Waals surface area contributed by atoms with Crippen molar-refractivity contribution >= 4 is 43.4 Å². The van der Waals surface area contributed by atoms with Crippen LogP contribution in [0.2, 0.25) is 0 Å². The van der Waals surface area contributed by atoms with Crippen LogP contribution in [0.25, 0.3) is 21.0 Å². The summed E-state index contributed by atoms with van der Waals surface area (Å²) >= 11 is 1.45. The van der Waals surface area contributed by atoms with Gasteiger partial charge < -0.3 is 5.32 Å². The summed E-state index contributed by atoms with van der Waals surface area (Å²) in [7, 11) is 0. The number of carbonyl (C=O) groups is 1. The molecule has 2 aromatic carbocycles. The van der Waals surface area contributed by atoms with E-state index in [1.807, 2.05) is 19.9 Å². The van der Waals surface area contributed by atoms with Crippen LogP contribution >= 0.6 is 11.3 Å². The summed E-state index contributed by atoms with van der Waals surface area (Å²) in [6.45, 7) is 4.05. The molecular formula is C19H16N4O2S. The molecule has 4 aromatic rings. The molecule has 6 nitrogen and oxygen atoms in total. The molecule has 0 radical (unpaired) electrons. The third-order valence-corrected chi connectivity index (χ3v) is 5.10. The number of hydrogen-bond acceptors (Lipinski definition) is 5. The minimum atomic E-state index is -0.262. The molecule has 0 spiro atoms. The first kappa shape index (κ1) is 16.4. The van der Waals surface area contributed by atoms with Crippen molar-refractivity contribution in [2.75, 3.05) is 5.32 Å². The highest BCUT2D eigenvalue weighted by molar-refractivity contribution is 7.22. The number of nitrogens with zero attached hydrogens (tertiary/aromatic N) is 2. The normalized spacial score (nSPS) is 11.2. The summed E-state index contributed by atoms with van der Waals surface area (Å²) in [5.41, 5.74) is 3.43. The zero-order chi connectivity index (χ0) is 18.3. The van der Waals surface area contributed by atoms with Crippen molar-refractivity contribution in [3.05, 3.63) is 63.6 Å². The zero-order valence-corrected chi connectivity index (χ0v) is 15.1. The molecule has 0 saturated carbocycles. The summed E-state index contributed by atoms with van der Waals surface area (Å²) in [5, 5.41) is 11.1. The van der Waals surface area contributed by atoms with Gasteiger partial charge in [0.15, 0.2) is 5.13 Å². The number of amides is 1. The lowest BCUT2D eigenvalue weighted by atomic mass is 10.1. The monoisotopic (exact) mass is 364 g/mol. The van der Waals surface area contributed by atoms with Crippen LogP contribution in [-0.2, 0) is 11.2 Å². The number of aryl methyl sites for hydroxylation is 2. The second-order valence-electron chi connectivity index (χ2n) is 6.22. The van der Waals surface area contributed by atoms with Crippen molar-refractivity contribution in [2.45, 2.75) is 20.3 Å². The second kappa shape index (κ2) is 6.34. The largest absolute Gasteiger partial charge is 0.302 e. The molecule has 26 heavy (non-hydrogen) atoms. The van der Waals surface area contributed by atoms with Gasteiger partial charge in [0.25, 0.3) is 5.56 Å². The number of aromatic amines is 1. The number of fused-ring (bicyclic) bond motifs is 2. The topological polar surface area (TPSA) is 87.7 Å². The van der Waals surface area contributed by atoms with E-state index in [2.05, 4.69) is 32.6 Å². The molecule has 0 atom stereocenters. The van der Waals surface area contributed by atoms with Gasteiger partial charge in [0.05, 0.1) is 27.7 Å². The van der Waals surface area contributed by atoms with E-state index in [1.54, 1.807) is 18.2 Å². The maximum atomic E-state index is 12.5. The van der Waals surface area contributed by atoms with Crippen molar-refractivity contribution < 1.29 is 4.79 Å². The van der Waals surface area contributed by atoms with E-state index in [-0.39, 0.29) is 17.9 Å². The molecule has 0 bridgehead atoms. The molecule has 0 unspecified atom stereocenters. The lowest BCUT2D eigenvalue weighted by Gasteiger charge is -2.04. The SMILES string of the molecule is Cc1cc(C)c2nc(NC(=O)Cc3n[nH]c(=O)c4ccccc34)sc2c1. The number of benzene rings is 2. The van der Waals surface area contributed by atoms with Crippen LogP contribution in [-0.4, -0.2) is 21.1 Å². The van der Waals surface area contributed by atoms with E-state index < -0.39 is 0 Å². The van der Waals surface area contributed by atoms with Gasteiger partial charge in [-0.1, -0.05) is 35.6 Å². The van der Waals surface area contributed by atoms with Gasteiger partial charge in [0, 0.05) is 5.39 Å². The quantitative estimate of drug-likeness (QED) is 0.584. The van der Waals surface area contributed by atoms with Gasteiger partial charge in [0.2, 0.25) is 5.91 Å². The highest BCUT2D eigenvalue weighted by Gasteiger charge is 2.13. The maximum Gasteiger partial charge on any atom is 0.272 e. The van der Waals surface area contributed by atoms with Gasteiger partial charge in [-0.15, -0.1) is 0 Å². The minimum Gasteiger partial charge on any atom is -0.302 e. The lowest BCUT2D eigenvalue weighted by Crippen LogP contribution is -2.18. The Balaban J connectivity index is 1.61. The molecule has 7 heteroatoms. The molecule has 2 heterocycles. The molecule has 0 aliphatic heterocycles. The number of aromatic nitrogens is 3. The summed E-state index contributed by atoms with van der Waals surface area (Å²) < 4.78 is 1.05. The first-order valence-electron chi connectivity index (χ1n) is 8.15. The van der Waals surface area contributed by atoms with Crippen molar-refractivity contribution in [3.63, 3.8) is 0 Å². The van der Waals surface area contributed by atoms with Crippen LogP contribution in [0.3, 0.4) is 0 Å². The fourth-order valence-electron chi connectivity index (χ4n) is 3.05. The Morgan fingerprint density at radius 2 is 1.96 bits per heavy atom. The van der Waals surface area contributed by atoms with Crippen LogP contribution in [0.1, 0.15) is 16.8 Å². The van der Waals surface area contributed by atoms with Gasteiger partial charge in [-0.2, -0.15) is 5.10 Å². The van der Waals surface area contributed by atoms with Gasteiger partial charge >= 0.3 is 0 Å². The van der Waals surface area contributed by atoms with Gasteiger partial charge in [0.1, 0.15) is 0 Å². The van der Waals surface area contributed by atoms with Gasteiger partial charge in [-0.25, -0.2) is 10.1 Å². The van der Waals surface area contributed by atoms with Gasteiger partial charge in [-0.3, -0.25) is 9.59 Å². The molecule has 0 saturated heterocycles.